The van der Waals surface area contributed by atoms with Gasteiger partial charge in [0.2, 0.25) is 0 Å². The van der Waals surface area contributed by atoms with E-state index in [0.29, 0.717) is 56.7 Å². The lowest BCUT2D eigenvalue weighted by atomic mass is 10.0. The second kappa shape index (κ2) is 12.6. The largest absolute Gasteiger partial charge is 0.493 e. The maximum absolute atomic E-state index is 9.78. The van der Waals surface area contributed by atoms with Gasteiger partial charge in [-0.2, -0.15) is 5.26 Å². The van der Waals surface area contributed by atoms with Gasteiger partial charge in [0, 0.05) is 0 Å². The highest BCUT2D eigenvalue weighted by Gasteiger charge is 2.13. The van der Waals surface area contributed by atoms with Gasteiger partial charge in [0.25, 0.3) is 0 Å². The Morgan fingerprint density at radius 1 is 0.771 bits per heavy atom. The van der Waals surface area contributed by atoms with E-state index in [0.717, 1.165) is 5.56 Å². The summed E-state index contributed by atoms with van der Waals surface area (Å²) in [6.07, 6.45) is 1.77. The van der Waals surface area contributed by atoms with E-state index < -0.39 is 0 Å². The van der Waals surface area contributed by atoms with Crippen LogP contribution < -0.4 is 28.4 Å². The van der Waals surface area contributed by atoms with Crippen LogP contribution >= 0.6 is 15.9 Å². The Bertz CT molecular complexity index is 1230. The number of nitrogens with zero attached hydrogens (tertiary/aromatic N) is 1. The molecule has 0 radical (unpaired) electrons. The van der Waals surface area contributed by atoms with E-state index >= 15 is 0 Å². The summed E-state index contributed by atoms with van der Waals surface area (Å²) in [4.78, 5) is 0. The van der Waals surface area contributed by atoms with E-state index in [1.165, 1.54) is 0 Å². The number of hydrogen-bond donors (Lipinski definition) is 0. The highest BCUT2D eigenvalue weighted by Crippen LogP contribution is 2.38. The second-order valence-electron chi connectivity index (χ2n) is 7.12. The lowest BCUT2D eigenvalue weighted by Gasteiger charge is -2.15. The Morgan fingerprint density at radius 2 is 1.40 bits per heavy atom. The molecule has 0 saturated heterocycles. The molecular weight excluding hydrogens is 514 g/mol. The molecule has 8 heteroatoms. The second-order valence-corrected chi connectivity index (χ2v) is 7.98. The van der Waals surface area contributed by atoms with Crippen molar-refractivity contribution >= 4 is 27.6 Å². The van der Waals surface area contributed by atoms with Crippen molar-refractivity contribution in [3.8, 4) is 40.6 Å². The fourth-order valence-corrected chi connectivity index (χ4v) is 3.92. The first-order valence-electron chi connectivity index (χ1n) is 10.6. The molecule has 0 aliphatic carbocycles. The number of allylic oxidation sites excluding steroid dienone is 1. The number of para-hydroxylation sites is 2. The first-order valence-corrected chi connectivity index (χ1v) is 11.4. The van der Waals surface area contributed by atoms with Crippen molar-refractivity contribution in [3.63, 3.8) is 0 Å². The Labute approximate surface area is 213 Å². The Balaban J connectivity index is 1.77. The zero-order valence-corrected chi connectivity index (χ0v) is 21.5. The highest BCUT2D eigenvalue weighted by molar-refractivity contribution is 9.10. The van der Waals surface area contributed by atoms with Gasteiger partial charge in [-0.1, -0.05) is 12.1 Å². The number of halogens is 1. The summed E-state index contributed by atoms with van der Waals surface area (Å²) in [5, 5.41) is 9.78. The van der Waals surface area contributed by atoms with Crippen LogP contribution in [0.4, 0.5) is 0 Å². The first-order chi connectivity index (χ1) is 17.0. The smallest absolute Gasteiger partial charge is 0.175 e. The number of nitriles is 1. The molecule has 0 aromatic heterocycles. The lowest BCUT2D eigenvalue weighted by molar-refractivity contribution is 0.205. The van der Waals surface area contributed by atoms with Crippen LogP contribution in [0, 0.1) is 11.3 Å². The van der Waals surface area contributed by atoms with Gasteiger partial charge in [-0.25, -0.2) is 0 Å². The summed E-state index contributed by atoms with van der Waals surface area (Å²) in [5.74, 6) is 3.50. The van der Waals surface area contributed by atoms with Crippen molar-refractivity contribution in [1.29, 1.82) is 5.26 Å². The summed E-state index contributed by atoms with van der Waals surface area (Å²) >= 11 is 3.55. The van der Waals surface area contributed by atoms with Gasteiger partial charge in [0.1, 0.15) is 13.2 Å². The first kappa shape index (κ1) is 25.8. The molecule has 0 unspecified atom stereocenters. The molecule has 0 aliphatic heterocycles. The maximum Gasteiger partial charge on any atom is 0.175 e. The van der Waals surface area contributed by atoms with E-state index in [9.17, 15) is 5.26 Å². The van der Waals surface area contributed by atoms with E-state index in [1.807, 2.05) is 36.4 Å². The molecule has 0 spiro atoms. The molecule has 0 N–H and O–H groups in total. The highest BCUT2D eigenvalue weighted by atomic mass is 79.9. The normalized spacial score (nSPS) is 10.8. The van der Waals surface area contributed by atoms with Gasteiger partial charge >= 0.3 is 0 Å². The zero-order chi connectivity index (χ0) is 25.2. The Morgan fingerprint density at radius 3 is 2.06 bits per heavy atom. The van der Waals surface area contributed by atoms with Crippen molar-refractivity contribution in [2.45, 2.75) is 0 Å². The minimum Gasteiger partial charge on any atom is -0.493 e. The predicted octanol–water partition coefficient (Wildman–Crippen LogP) is 6.01. The monoisotopic (exact) mass is 539 g/mol. The Hall–Kier alpha value is -3.83. The number of benzene rings is 3. The molecule has 0 amide bonds. The average Bonchev–Trinajstić information content (AvgIpc) is 2.90. The molecular formula is C27H26BrNO6. The van der Waals surface area contributed by atoms with Crippen molar-refractivity contribution in [2.24, 2.45) is 0 Å². The quantitative estimate of drug-likeness (QED) is 0.168. The van der Waals surface area contributed by atoms with Crippen LogP contribution in [0.15, 0.2) is 59.1 Å². The van der Waals surface area contributed by atoms with Gasteiger partial charge < -0.3 is 28.4 Å². The number of ether oxygens (including phenoxy) is 6. The molecule has 0 atom stereocenters. The van der Waals surface area contributed by atoms with Crippen molar-refractivity contribution in [1.82, 2.24) is 0 Å². The van der Waals surface area contributed by atoms with E-state index in [1.54, 1.807) is 52.7 Å². The van der Waals surface area contributed by atoms with Crippen molar-refractivity contribution in [2.75, 3.05) is 41.7 Å². The van der Waals surface area contributed by atoms with Gasteiger partial charge in [0.15, 0.2) is 34.5 Å². The summed E-state index contributed by atoms with van der Waals surface area (Å²) in [6.45, 7) is 0.604. The topological polar surface area (TPSA) is 79.2 Å². The molecule has 0 bridgehead atoms. The molecule has 3 aromatic carbocycles. The standard InChI is InChI=1S/C27H26BrNO6/c1-30-22-7-5-6-8-24(22)34-11-12-35-27-21(28)14-18(15-26(27)33-4)13-20(17-29)19-9-10-23(31-2)25(16-19)32-3/h5-10,13-16H,11-12H2,1-4H3. The van der Waals surface area contributed by atoms with Crippen LogP contribution in [0.3, 0.4) is 0 Å². The molecule has 3 rings (SSSR count). The third kappa shape index (κ3) is 6.40. The van der Waals surface area contributed by atoms with Gasteiger partial charge in [-0.15, -0.1) is 0 Å². The van der Waals surface area contributed by atoms with Crippen LogP contribution in [0.1, 0.15) is 11.1 Å². The third-order valence-corrected chi connectivity index (χ3v) is 5.62. The summed E-state index contributed by atoms with van der Waals surface area (Å²) in [5.41, 5.74) is 1.92. The van der Waals surface area contributed by atoms with Gasteiger partial charge in [-0.05, 0) is 75.6 Å². The van der Waals surface area contributed by atoms with Crippen LogP contribution in [-0.4, -0.2) is 41.7 Å². The summed E-state index contributed by atoms with van der Waals surface area (Å²) in [6, 6.07) is 18.7. The fraction of sp³-hybridized carbons (Fsp3) is 0.222. The number of methoxy groups -OCH3 is 4. The molecule has 35 heavy (non-hydrogen) atoms. The van der Waals surface area contributed by atoms with Crippen molar-refractivity contribution in [3.05, 3.63) is 70.2 Å². The van der Waals surface area contributed by atoms with Crippen LogP contribution in [0.5, 0.6) is 34.5 Å². The zero-order valence-electron chi connectivity index (χ0n) is 20.0. The summed E-state index contributed by atoms with van der Waals surface area (Å²) < 4.78 is 33.9. The number of rotatable bonds is 11. The van der Waals surface area contributed by atoms with Crippen LogP contribution in [-0.2, 0) is 0 Å². The molecule has 0 fully saturated rings. The molecule has 0 aliphatic rings. The van der Waals surface area contributed by atoms with E-state index in [2.05, 4.69) is 22.0 Å². The molecule has 7 nitrogen and oxygen atoms in total. The lowest BCUT2D eigenvalue weighted by Crippen LogP contribution is -2.10. The maximum atomic E-state index is 9.78. The van der Waals surface area contributed by atoms with Crippen LogP contribution in [0.25, 0.3) is 11.6 Å². The SMILES string of the molecule is COc1ccc(C(C#N)=Cc2cc(Br)c(OCCOc3ccccc3OC)c(OC)c2)cc1OC. The minimum absolute atomic E-state index is 0.289. The van der Waals surface area contributed by atoms with E-state index in [-0.39, 0.29) is 6.61 Å². The predicted molar refractivity (Wildman–Crippen MR) is 138 cm³/mol. The molecule has 0 heterocycles. The fourth-order valence-electron chi connectivity index (χ4n) is 3.35. The molecule has 0 saturated carbocycles. The summed E-state index contributed by atoms with van der Waals surface area (Å²) in [7, 11) is 6.28. The molecule has 182 valence electrons. The van der Waals surface area contributed by atoms with Gasteiger partial charge in [0.05, 0.1) is 44.6 Å². The van der Waals surface area contributed by atoms with E-state index in [4.69, 9.17) is 28.4 Å². The number of hydrogen-bond acceptors (Lipinski definition) is 7. The average molecular weight is 540 g/mol. The minimum atomic E-state index is 0.289. The van der Waals surface area contributed by atoms with Crippen molar-refractivity contribution < 1.29 is 28.4 Å². The van der Waals surface area contributed by atoms with Gasteiger partial charge in [-0.3, -0.25) is 0 Å². The third-order valence-electron chi connectivity index (χ3n) is 5.03. The Kier molecular flexibility index (Phi) is 9.27. The van der Waals surface area contributed by atoms with Crippen LogP contribution in [0.2, 0.25) is 0 Å². The molecule has 3 aromatic rings.